The SMILES string of the molecule is COc1cc2c(c(-c3cccc(/C=C/C(=O)O)c3)c1)C(=O)OC(C)(C)O2. The number of hydrogen-bond donors (Lipinski definition) is 1. The van der Waals surface area contributed by atoms with E-state index in [-0.39, 0.29) is 0 Å². The largest absolute Gasteiger partial charge is 0.497 e. The van der Waals surface area contributed by atoms with Gasteiger partial charge in [-0.2, -0.15) is 0 Å². The Kier molecular flexibility index (Phi) is 4.42. The summed E-state index contributed by atoms with van der Waals surface area (Å²) in [7, 11) is 1.53. The van der Waals surface area contributed by atoms with Gasteiger partial charge >= 0.3 is 11.9 Å². The maximum Gasteiger partial charge on any atom is 0.345 e. The number of hydrogen-bond acceptors (Lipinski definition) is 5. The third-order valence-electron chi connectivity index (χ3n) is 3.83. The second-order valence-corrected chi connectivity index (χ2v) is 6.24. The van der Waals surface area contributed by atoms with Crippen LogP contribution in [0.25, 0.3) is 17.2 Å². The summed E-state index contributed by atoms with van der Waals surface area (Å²) in [5.74, 6) is -1.67. The normalized spacial score (nSPS) is 15.1. The van der Waals surface area contributed by atoms with E-state index in [2.05, 4.69) is 0 Å². The Bertz CT molecular complexity index is 911. The highest BCUT2D eigenvalue weighted by Crippen LogP contribution is 2.41. The molecule has 0 saturated carbocycles. The van der Waals surface area contributed by atoms with E-state index in [1.54, 1.807) is 44.2 Å². The molecule has 0 fully saturated rings. The van der Waals surface area contributed by atoms with E-state index in [0.29, 0.717) is 33.8 Å². The van der Waals surface area contributed by atoms with Crippen molar-refractivity contribution in [3.05, 3.63) is 53.6 Å². The number of cyclic esters (lactones) is 1. The molecule has 0 amide bonds. The lowest BCUT2D eigenvalue weighted by molar-refractivity contribution is -0.131. The van der Waals surface area contributed by atoms with E-state index >= 15 is 0 Å². The molecule has 3 rings (SSSR count). The van der Waals surface area contributed by atoms with Crippen LogP contribution in [0.2, 0.25) is 0 Å². The molecule has 0 unspecified atom stereocenters. The van der Waals surface area contributed by atoms with Crippen molar-refractivity contribution >= 4 is 18.0 Å². The van der Waals surface area contributed by atoms with Crippen LogP contribution in [-0.2, 0) is 9.53 Å². The van der Waals surface area contributed by atoms with Crippen LogP contribution >= 0.6 is 0 Å². The van der Waals surface area contributed by atoms with Crippen LogP contribution in [0.1, 0.15) is 29.8 Å². The molecule has 2 aromatic carbocycles. The van der Waals surface area contributed by atoms with Crippen molar-refractivity contribution in [3.8, 4) is 22.6 Å². The number of fused-ring (bicyclic) bond motifs is 1. The van der Waals surface area contributed by atoms with Gasteiger partial charge in [-0.1, -0.05) is 18.2 Å². The molecule has 0 bridgehead atoms. The zero-order valence-corrected chi connectivity index (χ0v) is 14.6. The summed E-state index contributed by atoms with van der Waals surface area (Å²) in [5, 5.41) is 8.79. The van der Waals surface area contributed by atoms with Crippen molar-refractivity contribution in [2.75, 3.05) is 7.11 Å². The molecule has 0 aliphatic carbocycles. The fourth-order valence-electron chi connectivity index (χ4n) is 2.76. The van der Waals surface area contributed by atoms with Gasteiger partial charge in [0.25, 0.3) is 0 Å². The van der Waals surface area contributed by atoms with Gasteiger partial charge in [0, 0.05) is 31.6 Å². The first-order valence-corrected chi connectivity index (χ1v) is 7.95. The van der Waals surface area contributed by atoms with Crippen LogP contribution in [0.4, 0.5) is 0 Å². The van der Waals surface area contributed by atoms with Crippen molar-refractivity contribution in [3.63, 3.8) is 0 Å². The highest BCUT2D eigenvalue weighted by Gasteiger charge is 2.36. The molecule has 1 aliphatic heterocycles. The molecule has 2 aromatic rings. The Hall–Kier alpha value is -3.28. The highest BCUT2D eigenvalue weighted by atomic mass is 16.7. The summed E-state index contributed by atoms with van der Waals surface area (Å²) in [6.07, 6.45) is 2.54. The van der Waals surface area contributed by atoms with Crippen LogP contribution in [0, 0.1) is 0 Å². The number of aliphatic carboxylic acids is 1. The Balaban J connectivity index is 2.15. The quantitative estimate of drug-likeness (QED) is 0.665. The van der Waals surface area contributed by atoms with Crippen LogP contribution in [0.15, 0.2) is 42.5 Å². The first-order valence-electron chi connectivity index (χ1n) is 7.95. The average molecular weight is 354 g/mol. The van der Waals surface area contributed by atoms with Gasteiger partial charge in [-0.25, -0.2) is 9.59 Å². The van der Waals surface area contributed by atoms with Crippen molar-refractivity contribution < 1.29 is 28.9 Å². The van der Waals surface area contributed by atoms with Crippen LogP contribution < -0.4 is 9.47 Å². The van der Waals surface area contributed by atoms with E-state index in [4.69, 9.17) is 19.3 Å². The molecular formula is C20H18O6. The van der Waals surface area contributed by atoms with Crippen molar-refractivity contribution in [2.24, 2.45) is 0 Å². The molecule has 1 aliphatic rings. The lowest BCUT2D eigenvalue weighted by Gasteiger charge is -2.32. The standard InChI is InChI=1S/C20H18O6/c1-20(2)25-16-11-14(24-3)10-15(18(16)19(23)26-20)13-6-4-5-12(9-13)7-8-17(21)22/h4-11H,1-3H3,(H,21,22)/b8-7+. The average Bonchev–Trinajstić information content (AvgIpc) is 2.58. The molecule has 26 heavy (non-hydrogen) atoms. The number of carbonyl (C=O) groups excluding carboxylic acids is 1. The number of benzene rings is 2. The minimum absolute atomic E-state index is 0.310. The van der Waals surface area contributed by atoms with Gasteiger partial charge in [0.1, 0.15) is 17.1 Å². The molecule has 0 spiro atoms. The first kappa shape index (κ1) is 17.5. The van der Waals surface area contributed by atoms with E-state index in [0.717, 1.165) is 6.08 Å². The molecule has 6 heteroatoms. The Labute approximate surface area is 150 Å². The molecule has 0 aromatic heterocycles. The van der Waals surface area contributed by atoms with Crippen molar-refractivity contribution in [2.45, 2.75) is 19.6 Å². The molecule has 1 N–H and O–H groups in total. The predicted octanol–water partition coefficient (Wildman–Crippen LogP) is 3.75. The maximum atomic E-state index is 12.6. The molecule has 0 radical (unpaired) electrons. The Morgan fingerprint density at radius 2 is 1.96 bits per heavy atom. The van der Waals surface area contributed by atoms with Gasteiger partial charge in [0.05, 0.1) is 7.11 Å². The number of esters is 1. The number of carboxylic acid groups (broad SMARTS) is 1. The minimum atomic E-state index is -1.07. The van der Waals surface area contributed by atoms with E-state index < -0.39 is 17.7 Å². The molecule has 134 valence electrons. The molecule has 1 heterocycles. The monoisotopic (exact) mass is 354 g/mol. The van der Waals surface area contributed by atoms with E-state index in [1.807, 2.05) is 6.07 Å². The van der Waals surface area contributed by atoms with Crippen molar-refractivity contribution in [1.82, 2.24) is 0 Å². The van der Waals surface area contributed by atoms with E-state index in [1.165, 1.54) is 13.2 Å². The summed E-state index contributed by atoms with van der Waals surface area (Å²) >= 11 is 0. The molecule has 0 saturated heterocycles. The number of rotatable bonds is 4. The lowest BCUT2D eigenvalue weighted by Crippen LogP contribution is -2.39. The minimum Gasteiger partial charge on any atom is -0.497 e. The highest BCUT2D eigenvalue weighted by molar-refractivity contribution is 6.01. The second-order valence-electron chi connectivity index (χ2n) is 6.24. The maximum absolute atomic E-state index is 12.6. The molecule has 6 nitrogen and oxygen atoms in total. The fourth-order valence-corrected chi connectivity index (χ4v) is 2.76. The van der Waals surface area contributed by atoms with Crippen LogP contribution in [-0.4, -0.2) is 29.9 Å². The molecule has 0 atom stereocenters. The van der Waals surface area contributed by atoms with Gasteiger partial charge in [-0.05, 0) is 29.3 Å². The topological polar surface area (TPSA) is 82.1 Å². The van der Waals surface area contributed by atoms with Gasteiger partial charge in [-0.3, -0.25) is 0 Å². The van der Waals surface area contributed by atoms with Gasteiger partial charge in [0.15, 0.2) is 0 Å². The number of ether oxygens (including phenoxy) is 3. The summed E-state index contributed by atoms with van der Waals surface area (Å²) in [6.45, 7) is 3.31. The Morgan fingerprint density at radius 1 is 1.19 bits per heavy atom. The smallest absolute Gasteiger partial charge is 0.345 e. The Morgan fingerprint density at radius 3 is 2.65 bits per heavy atom. The van der Waals surface area contributed by atoms with Crippen molar-refractivity contribution in [1.29, 1.82) is 0 Å². The summed E-state index contributed by atoms with van der Waals surface area (Å²) in [6, 6.07) is 10.5. The summed E-state index contributed by atoms with van der Waals surface area (Å²) in [5.41, 5.74) is 2.30. The predicted molar refractivity (Wildman–Crippen MR) is 95.2 cm³/mol. The zero-order chi connectivity index (χ0) is 18.9. The van der Waals surface area contributed by atoms with E-state index in [9.17, 15) is 9.59 Å². The van der Waals surface area contributed by atoms with Crippen LogP contribution in [0.3, 0.4) is 0 Å². The van der Waals surface area contributed by atoms with Crippen LogP contribution in [0.5, 0.6) is 11.5 Å². The number of methoxy groups -OCH3 is 1. The fraction of sp³-hybridized carbons (Fsp3) is 0.200. The second kappa shape index (κ2) is 6.55. The summed E-state index contributed by atoms with van der Waals surface area (Å²) < 4.78 is 16.5. The number of carbonyl (C=O) groups is 2. The molecular weight excluding hydrogens is 336 g/mol. The number of carboxylic acids is 1. The summed E-state index contributed by atoms with van der Waals surface area (Å²) in [4.78, 5) is 23.3. The first-order chi connectivity index (χ1) is 12.3. The van der Waals surface area contributed by atoms with Gasteiger partial charge in [0.2, 0.25) is 5.79 Å². The van der Waals surface area contributed by atoms with Gasteiger partial charge < -0.3 is 19.3 Å². The zero-order valence-electron chi connectivity index (χ0n) is 14.6. The lowest BCUT2D eigenvalue weighted by atomic mass is 9.96. The van der Waals surface area contributed by atoms with Gasteiger partial charge in [-0.15, -0.1) is 0 Å². The third kappa shape index (κ3) is 3.54. The third-order valence-corrected chi connectivity index (χ3v) is 3.83.